The molecule has 0 saturated carbocycles. The first-order valence-corrected chi connectivity index (χ1v) is 11.8. The van der Waals surface area contributed by atoms with Crippen molar-refractivity contribution in [2.24, 2.45) is 0 Å². The Hall–Kier alpha value is -2.36. The lowest BCUT2D eigenvalue weighted by molar-refractivity contribution is 0.294. The van der Waals surface area contributed by atoms with Gasteiger partial charge in [-0.25, -0.2) is 9.97 Å². The van der Waals surface area contributed by atoms with Crippen LogP contribution in [-0.2, 0) is 0 Å². The third-order valence-electron chi connectivity index (χ3n) is 5.48. The van der Waals surface area contributed by atoms with Crippen LogP contribution in [0.4, 0.5) is 0 Å². The lowest BCUT2D eigenvalue weighted by atomic mass is 10.1. The lowest BCUT2D eigenvalue weighted by Crippen LogP contribution is -2.00. The minimum atomic E-state index is 0.688. The molecule has 30 heavy (non-hydrogen) atoms. The summed E-state index contributed by atoms with van der Waals surface area (Å²) in [7, 11) is 0. The normalized spacial score (nSPS) is 11.3. The molecule has 2 heterocycles. The molecule has 4 nitrogen and oxygen atoms in total. The van der Waals surface area contributed by atoms with E-state index in [9.17, 15) is 0 Å². The van der Waals surface area contributed by atoms with Crippen LogP contribution in [0.3, 0.4) is 0 Å². The maximum absolute atomic E-state index is 5.90. The molecule has 0 N–H and O–H groups in total. The summed E-state index contributed by atoms with van der Waals surface area (Å²) >= 11 is 0. The number of hydrogen-bond donors (Lipinski definition) is 0. The van der Waals surface area contributed by atoms with Crippen LogP contribution in [0.25, 0.3) is 21.8 Å². The van der Waals surface area contributed by atoms with Gasteiger partial charge in [0.25, 0.3) is 0 Å². The van der Waals surface area contributed by atoms with E-state index in [-0.39, 0.29) is 0 Å². The second-order valence-electron chi connectivity index (χ2n) is 8.02. The molecule has 3 rings (SSSR count). The molecule has 0 saturated heterocycles. The highest BCUT2D eigenvalue weighted by Gasteiger charge is 2.06. The highest BCUT2D eigenvalue weighted by atomic mass is 16.5. The molecule has 3 aromatic rings. The van der Waals surface area contributed by atoms with E-state index in [1.165, 1.54) is 44.9 Å². The van der Waals surface area contributed by atoms with Gasteiger partial charge in [0.05, 0.1) is 24.2 Å². The minimum Gasteiger partial charge on any atom is -0.478 e. The zero-order valence-corrected chi connectivity index (χ0v) is 18.7. The second kappa shape index (κ2) is 12.4. The summed E-state index contributed by atoms with van der Waals surface area (Å²) < 4.78 is 11.6. The minimum absolute atomic E-state index is 0.688. The Balaban J connectivity index is 1.52. The number of rotatable bonds is 14. The molecule has 162 valence electrons. The van der Waals surface area contributed by atoms with E-state index in [1.807, 2.05) is 24.3 Å². The third kappa shape index (κ3) is 6.58. The molecule has 1 aromatic carbocycles. The Bertz CT molecular complexity index is 910. The van der Waals surface area contributed by atoms with Gasteiger partial charge in [-0.05, 0) is 37.1 Å². The zero-order valence-electron chi connectivity index (χ0n) is 18.7. The van der Waals surface area contributed by atoms with Gasteiger partial charge < -0.3 is 9.47 Å². The molecule has 0 aliphatic rings. The number of unbranched alkanes of at least 4 members (excludes halogenated alkanes) is 8. The van der Waals surface area contributed by atoms with Crippen LogP contribution in [0, 0.1) is 0 Å². The summed E-state index contributed by atoms with van der Waals surface area (Å²) in [6.45, 7) is 5.87. The fraction of sp³-hybridized carbons (Fsp3) is 0.538. The molecule has 0 aliphatic heterocycles. The predicted octanol–water partition coefficient (Wildman–Crippen LogP) is 7.48. The topological polar surface area (TPSA) is 44.2 Å². The number of hydrogen-bond acceptors (Lipinski definition) is 4. The summed E-state index contributed by atoms with van der Waals surface area (Å²) in [5.74, 6) is 1.39. The Morgan fingerprint density at radius 2 is 1.00 bits per heavy atom. The quantitative estimate of drug-likeness (QED) is 0.205. The maximum atomic E-state index is 5.90. The SMILES string of the molecule is CCCCCCCCCCOc1ccc2c(ccc3nc(OCCCC)ccc32)n1. The van der Waals surface area contributed by atoms with Crippen LogP contribution in [0.15, 0.2) is 36.4 Å². The average molecular weight is 409 g/mol. The zero-order chi connectivity index (χ0) is 21.0. The smallest absolute Gasteiger partial charge is 0.213 e. The van der Waals surface area contributed by atoms with Crippen molar-refractivity contribution in [2.75, 3.05) is 13.2 Å². The highest BCUT2D eigenvalue weighted by Crippen LogP contribution is 2.27. The number of benzene rings is 1. The standard InChI is InChI=1S/C26H36N2O2/c1-3-5-7-8-9-10-11-12-20-30-26-18-14-22-21-13-17-25(29-19-6-4-2)27-23(21)15-16-24(22)28-26/h13-18H,3-12,19-20H2,1-2H3. The van der Waals surface area contributed by atoms with E-state index in [1.54, 1.807) is 0 Å². The Kier molecular flexibility index (Phi) is 9.20. The van der Waals surface area contributed by atoms with Crippen LogP contribution in [0.1, 0.15) is 78.1 Å². The number of fused-ring (bicyclic) bond motifs is 3. The van der Waals surface area contributed by atoms with E-state index >= 15 is 0 Å². The Morgan fingerprint density at radius 3 is 1.53 bits per heavy atom. The number of pyridine rings is 2. The summed E-state index contributed by atoms with van der Waals surface area (Å²) in [6, 6.07) is 12.1. The maximum Gasteiger partial charge on any atom is 0.213 e. The van der Waals surface area contributed by atoms with Crippen LogP contribution < -0.4 is 9.47 Å². The summed E-state index contributed by atoms with van der Waals surface area (Å²) in [4.78, 5) is 9.33. The fourth-order valence-corrected chi connectivity index (χ4v) is 3.67. The molecule has 0 bridgehead atoms. The van der Waals surface area contributed by atoms with Gasteiger partial charge in [-0.1, -0.05) is 65.2 Å². The number of nitrogens with zero attached hydrogens (tertiary/aromatic N) is 2. The average Bonchev–Trinajstić information content (AvgIpc) is 2.77. The van der Waals surface area contributed by atoms with Gasteiger partial charge in [0.15, 0.2) is 0 Å². The second-order valence-corrected chi connectivity index (χ2v) is 8.02. The molecule has 0 amide bonds. The first-order valence-electron chi connectivity index (χ1n) is 11.8. The van der Waals surface area contributed by atoms with Crippen molar-refractivity contribution in [3.63, 3.8) is 0 Å². The molecule has 0 radical (unpaired) electrons. The van der Waals surface area contributed by atoms with Crippen molar-refractivity contribution < 1.29 is 9.47 Å². The predicted molar refractivity (Wildman–Crippen MR) is 126 cm³/mol. The number of aromatic nitrogens is 2. The van der Waals surface area contributed by atoms with Crippen LogP contribution >= 0.6 is 0 Å². The molecule has 0 aliphatic carbocycles. The van der Waals surface area contributed by atoms with Gasteiger partial charge in [-0.3, -0.25) is 0 Å². The van der Waals surface area contributed by atoms with Gasteiger partial charge in [-0.2, -0.15) is 0 Å². The van der Waals surface area contributed by atoms with Crippen molar-refractivity contribution in [3.8, 4) is 11.8 Å². The molecular formula is C26H36N2O2. The monoisotopic (exact) mass is 408 g/mol. The first kappa shape index (κ1) is 22.3. The van der Waals surface area contributed by atoms with Gasteiger partial charge in [-0.15, -0.1) is 0 Å². The lowest BCUT2D eigenvalue weighted by Gasteiger charge is -2.09. The molecule has 0 fully saturated rings. The van der Waals surface area contributed by atoms with E-state index in [4.69, 9.17) is 14.5 Å². The van der Waals surface area contributed by atoms with E-state index in [0.29, 0.717) is 18.4 Å². The molecule has 4 heteroatoms. The van der Waals surface area contributed by atoms with E-state index in [2.05, 4.69) is 31.0 Å². The molecule has 2 aromatic heterocycles. The van der Waals surface area contributed by atoms with Crippen LogP contribution in [-0.4, -0.2) is 23.2 Å². The molecule has 0 spiro atoms. The number of ether oxygens (including phenoxy) is 2. The van der Waals surface area contributed by atoms with E-state index < -0.39 is 0 Å². The summed E-state index contributed by atoms with van der Waals surface area (Å²) in [5.41, 5.74) is 1.88. The first-order chi connectivity index (χ1) is 14.8. The van der Waals surface area contributed by atoms with Gasteiger partial charge >= 0.3 is 0 Å². The Morgan fingerprint density at radius 1 is 0.533 bits per heavy atom. The van der Waals surface area contributed by atoms with Gasteiger partial charge in [0, 0.05) is 22.9 Å². The largest absolute Gasteiger partial charge is 0.478 e. The Labute approximate surface area is 181 Å². The van der Waals surface area contributed by atoms with E-state index in [0.717, 1.165) is 47.7 Å². The van der Waals surface area contributed by atoms with Crippen LogP contribution in [0.2, 0.25) is 0 Å². The van der Waals surface area contributed by atoms with Crippen LogP contribution in [0.5, 0.6) is 11.8 Å². The van der Waals surface area contributed by atoms with Crippen molar-refractivity contribution in [1.82, 2.24) is 9.97 Å². The highest BCUT2D eigenvalue weighted by molar-refractivity contribution is 6.04. The third-order valence-corrected chi connectivity index (χ3v) is 5.48. The molecule has 0 atom stereocenters. The molecule has 0 unspecified atom stereocenters. The fourth-order valence-electron chi connectivity index (χ4n) is 3.67. The summed E-state index contributed by atoms with van der Waals surface area (Å²) in [6.07, 6.45) is 12.6. The summed E-state index contributed by atoms with van der Waals surface area (Å²) in [5, 5.41) is 2.19. The van der Waals surface area contributed by atoms with Gasteiger partial charge in [0.1, 0.15) is 0 Å². The van der Waals surface area contributed by atoms with Crippen molar-refractivity contribution >= 4 is 21.8 Å². The van der Waals surface area contributed by atoms with Gasteiger partial charge in [0.2, 0.25) is 11.8 Å². The van der Waals surface area contributed by atoms with Crippen molar-refractivity contribution in [3.05, 3.63) is 36.4 Å². The van der Waals surface area contributed by atoms with Crippen molar-refractivity contribution in [1.29, 1.82) is 0 Å². The molecular weight excluding hydrogens is 372 g/mol. The van der Waals surface area contributed by atoms with Crippen molar-refractivity contribution in [2.45, 2.75) is 78.1 Å².